The molecule has 0 aliphatic heterocycles. The van der Waals surface area contributed by atoms with E-state index in [2.05, 4.69) is 10.1 Å². The van der Waals surface area contributed by atoms with Crippen LogP contribution in [0.4, 0.5) is 0 Å². The minimum atomic E-state index is -3.92. The predicted octanol–water partition coefficient (Wildman–Crippen LogP) is 3.85. The third kappa shape index (κ3) is 4.06. The summed E-state index contributed by atoms with van der Waals surface area (Å²) in [5.74, 6) is 0.905. The Morgan fingerprint density at radius 2 is 1.69 bits per heavy atom. The Hall–Kier alpha value is -4.28. The van der Waals surface area contributed by atoms with E-state index in [1.54, 1.807) is 73.3 Å². The highest BCUT2D eigenvalue weighted by molar-refractivity contribution is 7.89. The second-order valence-corrected chi connectivity index (χ2v) is 9.85. The highest BCUT2D eigenvalue weighted by atomic mass is 32.2. The Kier molecular flexibility index (Phi) is 5.70. The fraction of sp³-hybridized carbons (Fsp3) is 0.115. The van der Waals surface area contributed by atoms with Crippen LogP contribution in [0, 0.1) is 13.8 Å². The van der Waals surface area contributed by atoms with Crippen molar-refractivity contribution < 1.29 is 17.9 Å². The number of benzene rings is 3. The second kappa shape index (κ2) is 8.74. The number of rotatable bonds is 5. The van der Waals surface area contributed by atoms with Crippen molar-refractivity contribution in [2.24, 2.45) is 5.14 Å². The van der Waals surface area contributed by atoms with Gasteiger partial charge in [-0.25, -0.2) is 23.2 Å². The van der Waals surface area contributed by atoms with Crippen molar-refractivity contribution in [1.29, 1.82) is 0 Å². The van der Waals surface area contributed by atoms with Crippen LogP contribution >= 0.6 is 0 Å². The zero-order valence-electron chi connectivity index (χ0n) is 19.8. The second-order valence-electron chi connectivity index (χ2n) is 8.33. The van der Waals surface area contributed by atoms with E-state index in [1.165, 1.54) is 10.6 Å². The highest BCUT2D eigenvalue weighted by Crippen LogP contribution is 2.30. The topological polar surface area (TPSA) is 122 Å². The number of methoxy groups -OCH3 is 1. The first kappa shape index (κ1) is 23.5. The van der Waals surface area contributed by atoms with Gasteiger partial charge in [0.05, 0.1) is 34.4 Å². The summed E-state index contributed by atoms with van der Waals surface area (Å²) in [6, 6.07) is 20.8. The Morgan fingerprint density at radius 3 is 2.39 bits per heavy atom. The third-order valence-electron chi connectivity index (χ3n) is 5.90. The summed E-state index contributed by atoms with van der Waals surface area (Å²) in [5.41, 5.74) is 4.03. The largest absolute Gasteiger partial charge is 0.497 e. The van der Waals surface area contributed by atoms with Gasteiger partial charge in [-0.1, -0.05) is 24.3 Å². The lowest BCUT2D eigenvalue weighted by Gasteiger charge is -2.10. The van der Waals surface area contributed by atoms with Crippen molar-refractivity contribution in [2.75, 3.05) is 7.11 Å². The van der Waals surface area contributed by atoms with Crippen molar-refractivity contribution in [3.05, 3.63) is 90.0 Å². The Bertz CT molecular complexity index is 1730. The lowest BCUT2D eigenvalue weighted by Crippen LogP contribution is -2.18. The van der Waals surface area contributed by atoms with Crippen LogP contribution in [0.5, 0.6) is 5.75 Å². The standard InChI is InChI=1S/C26H23N5O4S/c1-16-14-24(31(29-16)19-9-11-20(35-3)12-10-19)26(32)30-17(2)28-22-15-18(8-13-23(22)30)21-6-4-5-7-25(21)36(27,33)34/h4-15H,1-3H3,(H2,27,33,34). The van der Waals surface area contributed by atoms with Crippen LogP contribution in [0.3, 0.4) is 0 Å². The van der Waals surface area contributed by atoms with Gasteiger partial charge in [0.1, 0.15) is 17.3 Å². The molecular weight excluding hydrogens is 478 g/mol. The van der Waals surface area contributed by atoms with Gasteiger partial charge in [0.15, 0.2) is 0 Å². The number of nitrogens with two attached hydrogens (primary N) is 1. The lowest BCUT2D eigenvalue weighted by molar-refractivity contribution is 0.0954. The molecule has 10 heteroatoms. The van der Waals surface area contributed by atoms with Crippen molar-refractivity contribution in [2.45, 2.75) is 18.7 Å². The maximum absolute atomic E-state index is 13.8. The molecule has 0 amide bonds. The third-order valence-corrected chi connectivity index (χ3v) is 6.87. The normalized spacial score (nSPS) is 11.7. The van der Waals surface area contributed by atoms with Crippen LogP contribution in [0.2, 0.25) is 0 Å². The number of aromatic nitrogens is 4. The molecule has 9 nitrogen and oxygen atoms in total. The summed E-state index contributed by atoms with van der Waals surface area (Å²) in [7, 11) is -2.33. The van der Waals surface area contributed by atoms with Crippen LogP contribution in [0.15, 0.2) is 77.7 Å². The molecule has 3 aromatic carbocycles. The lowest BCUT2D eigenvalue weighted by atomic mass is 10.1. The van der Waals surface area contributed by atoms with Gasteiger partial charge >= 0.3 is 0 Å². The molecule has 2 heterocycles. The van der Waals surface area contributed by atoms with Crippen molar-refractivity contribution in [3.63, 3.8) is 0 Å². The van der Waals surface area contributed by atoms with Gasteiger partial charge < -0.3 is 4.74 Å². The van der Waals surface area contributed by atoms with Gasteiger partial charge in [0.25, 0.3) is 5.91 Å². The first-order chi connectivity index (χ1) is 17.2. The molecule has 5 rings (SSSR count). The molecule has 0 aliphatic carbocycles. The van der Waals surface area contributed by atoms with Gasteiger partial charge in [-0.2, -0.15) is 5.10 Å². The fourth-order valence-corrected chi connectivity index (χ4v) is 5.03. The summed E-state index contributed by atoms with van der Waals surface area (Å²) in [6.07, 6.45) is 0. The summed E-state index contributed by atoms with van der Waals surface area (Å²) in [4.78, 5) is 18.4. The van der Waals surface area contributed by atoms with E-state index in [9.17, 15) is 13.2 Å². The summed E-state index contributed by atoms with van der Waals surface area (Å²) in [6.45, 7) is 3.57. The number of carbonyl (C=O) groups is 1. The number of fused-ring (bicyclic) bond motifs is 1. The van der Waals surface area contributed by atoms with Crippen molar-refractivity contribution in [3.8, 4) is 22.6 Å². The molecule has 2 N–H and O–H groups in total. The Morgan fingerprint density at radius 1 is 0.972 bits per heavy atom. The first-order valence-electron chi connectivity index (χ1n) is 11.0. The van der Waals surface area contributed by atoms with Crippen LogP contribution in [0.1, 0.15) is 22.0 Å². The molecule has 0 atom stereocenters. The number of hydrogen-bond donors (Lipinski definition) is 1. The summed E-state index contributed by atoms with van der Waals surface area (Å²) < 4.78 is 32.5. The van der Waals surface area contributed by atoms with E-state index in [0.717, 1.165) is 5.69 Å². The van der Waals surface area contributed by atoms with Gasteiger partial charge in [-0.3, -0.25) is 9.36 Å². The molecule has 0 fully saturated rings. The summed E-state index contributed by atoms with van der Waals surface area (Å²) in [5, 5.41) is 9.93. The monoisotopic (exact) mass is 501 g/mol. The molecule has 0 radical (unpaired) electrons. The minimum absolute atomic E-state index is 0.0236. The molecule has 182 valence electrons. The maximum Gasteiger partial charge on any atom is 0.282 e. The number of sulfonamides is 1. The van der Waals surface area contributed by atoms with Crippen molar-refractivity contribution in [1.82, 2.24) is 19.3 Å². The first-order valence-corrected chi connectivity index (χ1v) is 12.6. The molecule has 0 saturated heterocycles. The summed E-state index contributed by atoms with van der Waals surface area (Å²) >= 11 is 0. The molecule has 0 saturated carbocycles. The van der Waals surface area contributed by atoms with Crippen molar-refractivity contribution >= 4 is 27.0 Å². The van der Waals surface area contributed by atoms with Crippen LogP contribution in [-0.2, 0) is 10.0 Å². The maximum atomic E-state index is 13.8. The average Bonchev–Trinajstić information content (AvgIpc) is 3.41. The van der Waals surface area contributed by atoms with E-state index < -0.39 is 10.0 Å². The fourth-order valence-electron chi connectivity index (χ4n) is 4.26. The average molecular weight is 502 g/mol. The van der Waals surface area contributed by atoms with Gasteiger partial charge in [0.2, 0.25) is 10.0 Å². The van der Waals surface area contributed by atoms with Crippen LogP contribution < -0.4 is 9.88 Å². The zero-order valence-corrected chi connectivity index (χ0v) is 20.7. The number of imidazole rings is 1. The molecule has 0 unspecified atom stereocenters. The molecular formula is C26H23N5O4S. The molecule has 36 heavy (non-hydrogen) atoms. The number of hydrogen-bond acceptors (Lipinski definition) is 6. The van der Waals surface area contributed by atoms with E-state index in [0.29, 0.717) is 45.1 Å². The molecule has 0 spiro atoms. The van der Waals surface area contributed by atoms with Gasteiger partial charge in [-0.15, -0.1) is 0 Å². The minimum Gasteiger partial charge on any atom is -0.497 e. The number of primary sulfonamides is 1. The van der Waals surface area contributed by atoms with Gasteiger partial charge in [0, 0.05) is 5.56 Å². The number of aryl methyl sites for hydroxylation is 2. The van der Waals surface area contributed by atoms with Crippen LogP contribution in [-0.4, -0.2) is 40.8 Å². The molecule has 0 bridgehead atoms. The van der Waals surface area contributed by atoms with E-state index in [4.69, 9.17) is 9.88 Å². The van der Waals surface area contributed by atoms with E-state index >= 15 is 0 Å². The smallest absolute Gasteiger partial charge is 0.282 e. The number of nitrogens with zero attached hydrogens (tertiary/aromatic N) is 4. The predicted molar refractivity (Wildman–Crippen MR) is 136 cm³/mol. The van der Waals surface area contributed by atoms with Gasteiger partial charge in [-0.05, 0) is 67.9 Å². The van der Waals surface area contributed by atoms with E-state index in [1.807, 2.05) is 19.1 Å². The zero-order chi connectivity index (χ0) is 25.6. The SMILES string of the molecule is COc1ccc(-n2nc(C)cc2C(=O)n2c(C)nc3cc(-c4ccccc4S(N)(=O)=O)ccc32)cc1. The molecule has 0 aliphatic rings. The molecule has 5 aromatic rings. The van der Waals surface area contributed by atoms with Crippen LogP contribution in [0.25, 0.3) is 27.8 Å². The Balaban J connectivity index is 1.60. The van der Waals surface area contributed by atoms with E-state index in [-0.39, 0.29) is 10.8 Å². The number of ether oxygens (including phenoxy) is 1. The number of carbonyl (C=O) groups excluding carboxylic acids is 1. The quantitative estimate of drug-likeness (QED) is 0.390. The highest BCUT2D eigenvalue weighted by Gasteiger charge is 2.22. The Labute approximate surface area is 207 Å². The molecule has 2 aromatic heterocycles.